The molecule has 2 aromatic carbocycles. The van der Waals surface area contributed by atoms with Gasteiger partial charge in [-0.25, -0.2) is 0 Å². The fourth-order valence-corrected chi connectivity index (χ4v) is 5.46. The molecule has 0 radical (unpaired) electrons. The Kier molecular flexibility index (Phi) is 7.36. The number of rotatable bonds is 7. The summed E-state index contributed by atoms with van der Waals surface area (Å²) >= 11 is 1.39. The van der Waals surface area contributed by atoms with Crippen LogP contribution in [0, 0.1) is 0 Å². The van der Waals surface area contributed by atoms with Gasteiger partial charge in [-0.3, -0.25) is 14.4 Å². The predicted molar refractivity (Wildman–Crippen MR) is 143 cm³/mol. The third-order valence-electron chi connectivity index (χ3n) is 6.60. The Bertz CT molecular complexity index is 1350. The monoisotopic (exact) mass is 536 g/mol. The van der Waals surface area contributed by atoms with Gasteiger partial charge in [-0.1, -0.05) is 6.07 Å². The maximum Gasteiger partial charge on any atom is 0.305 e. The molecule has 11 heteroatoms. The molecule has 0 aliphatic carbocycles. The molecule has 3 aromatic rings. The van der Waals surface area contributed by atoms with Crippen molar-refractivity contribution in [3.63, 3.8) is 0 Å². The van der Waals surface area contributed by atoms with Crippen LogP contribution in [-0.4, -0.2) is 60.8 Å². The number of hydrogen-bond donors (Lipinski definition) is 3. The second kappa shape index (κ2) is 11.0. The summed E-state index contributed by atoms with van der Waals surface area (Å²) in [6.07, 6.45) is 0.546. The van der Waals surface area contributed by atoms with E-state index in [0.717, 1.165) is 17.0 Å². The van der Waals surface area contributed by atoms with E-state index in [1.165, 1.54) is 11.3 Å². The molecule has 1 saturated heterocycles. The average Bonchev–Trinajstić information content (AvgIpc) is 3.55. The van der Waals surface area contributed by atoms with Crippen molar-refractivity contribution in [2.24, 2.45) is 0 Å². The topological polar surface area (TPSA) is 134 Å². The highest BCUT2D eigenvalue weighted by molar-refractivity contribution is 7.10. The number of carboxylic acids is 1. The van der Waals surface area contributed by atoms with E-state index in [4.69, 9.17) is 15.2 Å². The van der Waals surface area contributed by atoms with Crippen molar-refractivity contribution in [3.05, 3.63) is 69.9 Å². The second-order valence-corrected chi connectivity index (χ2v) is 10.1. The summed E-state index contributed by atoms with van der Waals surface area (Å²) in [5.41, 5.74) is 8.51. The Morgan fingerprint density at radius 1 is 1.00 bits per heavy atom. The first kappa shape index (κ1) is 25.4. The van der Waals surface area contributed by atoms with Crippen LogP contribution < -0.4 is 25.4 Å². The number of nitrogens with one attached hydrogen (secondary N) is 1. The average molecular weight is 537 g/mol. The van der Waals surface area contributed by atoms with Gasteiger partial charge in [0.25, 0.3) is 11.8 Å². The van der Waals surface area contributed by atoms with Crippen LogP contribution in [0.4, 0.5) is 11.4 Å². The van der Waals surface area contributed by atoms with Crippen LogP contribution in [0.15, 0.2) is 53.9 Å². The normalized spacial score (nSPS) is 15.6. The zero-order valence-electron chi connectivity index (χ0n) is 20.6. The van der Waals surface area contributed by atoms with E-state index < -0.39 is 12.0 Å². The van der Waals surface area contributed by atoms with Crippen molar-refractivity contribution in [3.8, 4) is 11.5 Å². The van der Waals surface area contributed by atoms with Gasteiger partial charge in [-0.2, -0.15) is 0 Å². The Labute approximate surface area is 223 Å². The first-order valence-electron chi connectivity index (χ1n) is 12.3. The SMILES string of the molecule is Nc1cc(C(=O)NC(CC(=O)O)c2cccs2)ccc1N1CCCN(C(=O)c2ccc3c(c2)OCO3)CC1. The minimum absolute atomic E-state index is 0.0632. The Morgan fingerprint density at radius 3 is 2.58 bits per heavy atom. The number of benzene rings is 2. The number of carboxylic acid groups (broad SMARTS) is 1. The predicted octanol–water partition coefficient (Wildman–Crippen LogP) is 3.36. The summed E-state index contributed by atoms with van der Waals surface area (Å²) in [5, 5.41) is 13.9. The number of fused-ring (bicyclic) bond motifs is 1. The van der Waals surface area contributed by atoms with E-state index in [9.17, 15) is 19.5 Å². The third kappa shape index (κ3) is 5.52. The second-order valence-electron chi connectivity index (χ2n) is 9.11. The lowest BCUT2D eigenvalue weighted by atomic mass is 10.1. The van der Waals surface area contributed by atoms with Gasteiger partial charge >= 0.3 is 5.97 Å². The molecule has 1 aromatic heterocycles. The molecule has 10 nitrogen and oxygen atoms in total. The summed E-state index contributed by atoms with van der Waals surface area (Å²) in [7, 11) is 0. The summed E-state index contributed by atoms with van der Waals surface area (Å²) < 4.78 is 10.7. The third-order valence-corrected chi connectivity index (χ3v) is 7.59. The number of ether oxygens (including phenoxy) is 2. The van der Waals surface area contributed by atoms with Gasteiger partial charge in [-0.05, 0) is 54.3 Å². The molecule has 38 heavy (non-hydrogen) atoms. The first-order valence-corrected chi connectivity index (χ1v) is 13.2. The number of nitrogens with two attached hydrogens (primary N) is 1. The van der Waals surface area contributed by atoms with Gasteiger partial charge in [0, 0.05) is 42.2 Å². The fourth-order valence-electron chi connectivity index (χ4n) is 4.69. The summed E-state index contributed by atoms with van der Waals surface area (Å²) in [4.78, 5) is 42.1. The van der Waals surface area contributed by atoms with Crippen molar-refractivity contribution in [1.29, 1.82) is 0 Å². The van der Waals surface area contributed by atoms with Gasteiger partial charge in [0.15, 0.2) is 11.5 Å². The Balaban J connectivity index is 1.24. The van der Waals surface area contributed by atoms with Crippen LogP contribution in [0.1, 0.15) is 44.5 Å². The molecular weight excluding hydrogens is 508 g/mol. The minimum Gasteiger partial charge on any atom is -0.481 e. The molecule has 4 N–H and O–H groups in total. The number of nitrogens with zero attached hydrogens (tertiary/aromatic N) is 2. The van der Waals surface area contributed by atoms with E-state index in [1.54, 1.807) is 42.5 Å². The molecule has 1 fully saturated rings. The molecule has 3 heterocycles. The molecule has 0 spiro atoms. The van der Waals surface area contributed by atoms with Crippen LogP contribution in [-0.2, 0) is 4.79 Å². The van der Waals surface area contributed by atoms with E-state index >= 15 is 0 Å². The van der Waals surface area contributed by atoms with Crippen molar-refractivity contribution >= 4 is 40.5 Å². The molecule has 2 aliphatic heterocycles. The highest BCUT2D eigenvalue weighted by Gasteiger charge is 2.25. The smallest absolute Gasteiger partial charge is 0.305 e. The largest absolute Gasteiger partial charge is 0.481 e. The number of anilines is 2. The van der Waals surface area contributed by atoms with Gasteiger partial charge in [-0.15, -0.1) is 11.3 Å². The number of aliphatic carboxylic acids is 1. The number of hydrogen-bond acceptors (Lipinski definition) is 8. The van der Waals surface area contributed by atoms with Crippen molar-refractivity contribution < 1.29 is 29.0 Å². The number of carbonyl (C=O) groups is 3. The zero-order chi connectivity index (χ0) is 26.6. The number of amides is 2. The van der Waals surface area contributed by atoms with Crippen LogP contribution in [0.3, 0.4) is 0 Å². The van der Waals surface area contributed by atoms with Crippen molar-refractivity contribution in [1.82, 2.24) is 10.2 Å². The van der Waals surface area contributed by atoms with E-state index in [-0.39, 0.29) is 25.0 Å². The maximum absolute atomic E-state index is 13.1. The Morgan fingerprint density at radius 2 is 1.82 bits per heavy atom. The lowest BCUT2D eigenvalue weighted by Crippen LogP contribution is -2.35. The van der Waals surface area contributed by atoms with Gasteiger partial charge < -0.3 is 35.4 Å². The van der Waals surface area contributed by atoms with Gasteiger partial charge in [0.1, 0.15) is 0 Å². The van der Waals surface area contributed by atoms with E-state index in [0.29, 0.717) is 54.5 Å². The first-order chi connectivity index (χ1) is 18.4. The molecule has 0 bridgehead atoms. The van der Waals surface area contributed by atoms with Crippen LogP contribution >= 0.6 is 11.3 Å². The highest BCUT2D eigenvalue weighted by atomic mass is 32.1. The molecule has 5 rings (SSSR count). The van der Waals surface area contributed by atoms with E-state index in [2.05, 4.69) is 10.2 Å². The number of carbonyl (C=O) groups excluding carboxylic acids is 2. The highest BCUT2D eigenvalue weighted by Crippen LogP contribution is 2.33. The zero-order valence-corrected chi connectivity index (χ0v) is 21.4. The molecule has 2 aliphatic rings. The number of thiophene rings is 1. The van der Waals surface area contributed by atoms with Crippen molar-refractivity contribution in [2.75, 3.05) is 43.6 Å². The van der Waals surface area contributed by atoms with Gasteiger partial charge in [0.2, 0.25) is 6.79 Å². The summed E-state index contributed by atoms with van der Waals surface area (Å²) in [5.74, 6) is -0.231. The quantitative estimate of drug-likeness (QED) is 0.392. The minimum atomic E-state index is -0.995. The van der Waals surface area contributed by atoms with E-state index in [1.807, 2.05) is 16.3 Å². The molecule has 198 valence electrons. The van der Waals surface area contributed by atoms with Crippen LogP contribution in [0.2, 0.25) is 0 Å². The lowest BCUT2D eigenvalue weighted by molar-refractivity contribution is -0.137. The molecule has 0 saturated carbocycles. The molecule has 1 atom stereocenters. The summed E-state index contributed by atoms with van der Waals surface area (Å²) in [6, 6.07) is 13.3. The fraction of sp³-hybridized carbons (Fsp3) is 0.296. The lowest BCUT2D eigenvalue weighted by Gasteiger charge is -2.25. The standard InChI is InChI=1S/C27H28N4O6S/c28-19-13-17(26(34)29-20(15-25(32)33)24-3-1-12-38-24)4-6-21(19)30-8-2-9-31(11-10-30)27(35)18-5-7-22-23(14-18)37-16-36-22/h1,3-7,12-14,20H,2,8-11,15-16,28H2,(H,29,34)(H,32,33). The number of nitrogen functional groups attached to an aromatic ring is 1. The van der Waals surface area contributed by atoms with Crippen molar-refractivity contribution in [2.45, 2.75) is 18.9 Å². The molecule has 1 unspecified atom stereocenters. The maximum atomic E-state index is 13.1. The van der Waals surface area contributed by atoms with Crippen LogP contribution in [0.5, 0.6) is 11.5 Å². The Hall–Kier alpha value is -4.25. The van der Waals surface area contributed by atoms with Crippen LogP contribution in [0.25, 0.3) is 0 Å². The van der Waals surface area contributed by atoms with Gasteiger partial charge in [0.05, 0.1) is 23.8 Å². The summed E-state index contributed by atoms with van der Waals surface area (Å²) in [6.45, 7) is 2.58. The molecule has 2 amide bonds. The molecular formula is C27H28N4O6S.